The van der Waals surface area contributed by atoms with Gasteiger partial charge in [0.2, 0.25) is 0 Å². The van der Waals surface area contributed by atoms with Crippen LogP contribution in [0.5, 0.6) is 0 Å². The molecule has 0 saturated carbocycles. The van der Waals surface area contributed by atoms with Crippen LogP contribution in [0.1, 0.15) is 162 Å². The van der Waals surface area contributed by atoms with Gasteiger partial charge in [-0.05, 0) is 83.6 Å². The maximum atomic E-state index is 11.6. The smallest absolute Gasteiger partial charge is 0.334 e. The Labute approximate surface area is 273 Å². The van der Waals surface area contributed by atoms with Crippen LogP contribution in [0.2, 0.25) is 0 Å². The van der Waals surface area contributed by atoms with Crippen molar-refractivity contribution in [1.82, 2.24) is 0 Å². The van der Waals surface area contributed by atoms with Crippen LogP contribution in [0, 0.1) is 0 Å². The Kier molecular flexibility index (Phi) is 18.6. The van der Waals surface area contributed by atoms with Gasteiger partial charge in [0.05, 0.1) is 48.8 Å². The maximum Gasteiger partial charge on any atom is 0.334 e. The van der Waals surface area contributed by atoms with Crippen molar-refractivity contribution in [3.63, 3.8) is 0 Å². The lowest BCUT2D eigenvalue weighted by Crippen LogP contribution is -2.33. The van der Waals surface area contributed by atoms with Gasteiger partial charge in [-0.1, -0.05) is 84.0 Å². The molecule has 3 rings (SSSR count). The second kappa shape index (κ2) is 21.8. The molecule has 2 fully saturated rings. The van der Waals surface area contributed by atoms with Gasteiger partial charge in [0.25, 0.3) is 0 Å². The van der Waals surface area contributed by atoms with Gasteiger partial charge in [0.1, 0.15) is 6.10 Å². The first-order chi connectivity index (χ1) is 21.8. The highest BCUT2D eigenvalue weighted by molar-refractivity contribution is 5.90. The number of hydrogen-bond acceptors (Lipinski definition) is 8. The standard InChI is InChI=1S/C37H66O8/c1-3-4-13-18-29(38)30(39)20-16-21-32(41)34-23-25-36(45-34)35-24-22-33(44-35)31(40)19-15-12-10-8-6-5-7-9-11-14-17-28-26-27(2)43-37(28)42/h26-27,29-36,38-41H,3-25H2,1-2H3/t27-,29?,30?,31+,32-,33+,34+,35+,36+/m0/s1. The van der Waals surface area contributed by atoms with E-state index in [9.17, 15) is 25.2 Å². The van der Waals surface area contributed by atoms with Crippen molar-refractivity contribution in [2.75, 3.05) is 0 Å². The van der Waals surface area contributed by atoms with E-state index in [0.29, 0.717) is 25.7 Å². The van der Waals surface area contributed by atoms with Crippen molar-refractivity contribution in [2.24, 2.45) is 0 Å². The average Bonchev–Trinajstić information content (AvgIpc) is 3.77. The minimum absolute atomic E-state index is 0.0121. The highest BCUT2D eigenvalue weighted by atomic mass is 16.6. The monoisotopic (exact) mass is 638 g/mol. The molecule has 0 aromatic heterocycles. The van der Waals surface area contributed by atoms with Crippen molar-refractivity contribution < 1.29 is 39.4 Å². The van der Waals surface area contributed by atoms with Crippen LogP contribution < -0.4 is 0 Å². The van der Waals surface area contributed by atoms with Crippen molar-refractivity contribution in [3.8, 4) is 0 Å². The average molecular weight is 639 g/mol. The summed E-state index contributed by atoms with van der Waals surface area (Å²) in [6, 6.07) is 0. The summed E-state index contributed by atoms with van der Waals surface area (Å²) >= 11 is 0. The summed E-state index contributed by atoms with van der Waals surface area (Å²) in [7, 11) is 0. The molecule has 45 heavy (non-hydrogen) atoms. The largest absolute Gasteiger partial charge is 0.455 e. The zero-order valence-corrected chi connectivity index (χ0v) is 28.5. The highest BCUT2D eigenvalue weighted by Crippen LogP contribution is 2.34. The van der Waals surface area contributed by atoms with Crippen molar-refractivity contribution in [2.45, 2.75) is 216 Å². The Morgan fingerprint density at radius 2 is 1.11 bits per heavy atom. The Balaban J connectivity index is 1.14. The van der Waals surface area contributed by atoms with Crippen LogP contribution in [0.15, 0.2) is 11.6 Å². The van der Waals surface area contributed by atoms with Crippen LogP contribution in [0.25, 0.3) is 0 Å². The molecule has 0 radical (unpaired) electrons. The summed E-state index contributed by atoms with van der Waals surface area (Å²) < 4.78 is 17.6. The molecule has 3 aliphatic rings. The molecule has 0 aromatic carbocycles. The van der Waals surface area contributed by atoms with Crippen molar-refractivity contribution >= 4 is 5.97 Å². The van der Waals surface area contributed by atoms with Gasteiger partial charge in [-0.25, -0.2) is 4.79 Å². The van der Waals surface area contributed by atoms with E-state index in [-0.39, 0.29) is 36.5 Å². The van der Waals surface area contributed by atoms with Gasteiger partial charge in [0.15, 0.2) is 0 Å². The van der Waals surface area contributed by atoms with Crippen LogP contribution in [-0.4, -0.2) is 81.3 Å². The van der Waals surface area contributed by atoms with Gasteiger partial charge < -0.3 is 34.6 Å². The molecular formula is C37H66O8. The first-order valence-electron chi connectivity index (χ1n) is 18.7. The predicted octanol–water partition coefficient (Wildman–Crippen LogP) is 6.83. The second-order valence-electron chi connectivity index (χ2n) is 14.2. The summed E-state index contributed by atoms with van der Waals surface area (Å²) in [5.74, 6) is -0.129. The van der Waals surface area contributed by atoms with E-state index < -0.39 is 24.4 Å². The molecule has 0 amide bonds. The first-order valence-corrected chi connectivity index (χ1v) is 18.7. The minimum atomic E-state index is -0.729. The maximum absolute atomic E-state index is 11.6. The lowest BCUT2D eigenvalue weighted by molar-refractivity contribution is -0.139. The third kappa shape index (κ3) is 14.3. The molecule has 9 atom stereocenters. The molecule has 262 valence electrons. The Hall–Kier alpha value is -1.03. The summed E-state index contributed by atoms with van der Waals surface area (Å²) in [4.78, 5) is 11.6. The SMILES string of the molecule is CCCCCC(O)C(O)CCC[C@H](O)[C@H]1CC[C@H]([C@H]2CC[C@H]([C@H](O)CCCCCCCCCCCCC3=C[C@H](C)OC3=O)O2)O1. The zero-order chi connectivity index (χ0) is 32.4. The quantitative estimate of drug-likeness (QED) is 0.0634. The number of carbonyl (C=O) groups excluding carboxylic acids is 1. The molecule has 2 saturated heterocycles. The molecule has 3 aliphatic heterocycles. The van der Waals surface area contributed by atoms with Crippen LogP contribution >= 0.6 is 0 Å². The summed E-state index contributed by atoms with van der Waals surface area (Å²) in [6.07, 6.45) is 21.5. The fourth-order valence-electron chi connectivity index (χ4n) is 7.29. The fraction of sp³-hybridized carbons (Fsp3) is 0.919. The molecule has 8 heteroatoms. The Morgan fingerprint density at radius 1 is 0.644 bits per heavy atom. The third-order valence-corrected chi connectivity index (χ3v) is 10.2. The van der Waals surface area contributed by atoms with E-state index in [1.54, 1.807) is 0 Å². The minimum Gasteiger partial charge on any atom is -0.455 e. The molecule has 0 aliphatic carbocycles. The molecule has 4 N–H and O–H groups in total. The van der Waals surface area contributed by atoms with E-state index in [2.05, 4.69) is 6.92 Å². The zero-order valence-electron chi connectivity index (χ0n) is 28.5. The molecule has 2 unspecified atom stereocenters. The van der Waals surface area contributed by atoms with Gasteiger partial charge in [-0.2, -0.15) is 0 Å². The summed E-state index contributed by atoms with van der Waals surface area (Å²) in [5.41, 5.74) is 0.857. The number of aliphatic hydroxyl groups excluding tert-OH is 4. The third-order valence-electron chi connectivity index (χ3n) is 10.2. The summed E-state index contributed by atoms with van der Waals surface area (Å²) in [6.45, 7) is 4.03. The molecule has 8 nitrogen and oxygen atoms in total. The molecular weight excluding hydrogens is 572 g/mol. The first kappa shape index (κ1) is 38.4. The van der Waals surface area contributed by atoms with E-state index in [1.807, 2.05) is 13.0 Å². The number of esters is 1. The highest BCUT2D eigenvalue weighted by Gasteiger charge is 2.40. The molecule has 0 bridgehead atoms. The van der Waals surface area contributed by atoms with Crippen molar-refractivity contribution in [1.29, 1.82) is 0 Å². The summed E-state index contributed by atoms with van der Waals surface area (Å²) in [5, 5.41) is 41.8. The number of rotatable bonds is 25. The van der Waals surface area contributed by atoms with E-state index in [1.165, 1.54) is 44.9 Å². The van der Waals surface area contributed by atoms with E-state index in [0.717, 1.165) is 82.6 Å². The number of aliphatic hydroxyl groups is 4. The number of carbonyl (C=O) groups is 1. The number of unbranched alkanes of at least 4 members (excludes halogenated alkanes) is 11. The van der Waals surface area contributed by atoms with Gasteiger partial charge in [0, 0.05) is 5.57 Å². The van der Waals surface area contributed by atoms with Gasteiger partial charge >= 0.3 is 5.97 Å². The normalized spacial score (nSPS) is 27.8. The lowest BCUT2D eigenvalue weighted by atomic mass is 9.98. The Morgan fingerprint density at radius 3 is 1.62 bits per heavy atom. The van der Waals surface area contributed by atoms with E-state index >= 15 is 0 Å². The second-order valence-corrected chi connectivity index (χ2v) is 14.2. The lowest BCUT2D eigenvalue weighted by Gasteiger charge is -2.24. The fourth-order valence-corrected chi connectivity index (χ4v) is 7.29. The molecule has 0 spiro atoms. The molecule has 3 heterocycles. The van der Waals surface area contributed by atoms with Crippen LogP contribution in [0.3, 0.4) is 0 Å². The number of cyclic esters (lactones) is 1. The number of hydrogen-bond donors (Lipinski definition) is 4. The van der Waals surface area contributed by atoms with Crippen LogP contribution in [-0.2, 0) is 19.0 Å². The Bertz CT molecular complexity index is 833. The predicted molar refractivity (Wildman–Crippen MR) is 177 cm³/mol. The van der Waals surface area contributed by atoms with Crippen LogP contribution in [0.4, 0.5) is 0 Å². The van der Waals surface area contributed by atoms with E-state index in [4.69, 9.17) is 14.2 Å². The van der Waals surface area contributed by atoms with Gasteiger partial charge in [-0.3, -0.25) is 0 Å². The topological polar surface area (TPSA) is 126 Å². The number of ether oxygens (including phenoxy) is 3. The van der Waals surface area contributed by atoms with Crippen molar-refractivity contribution in [3.05, 3.63) is 11.6 Å². The molecule has 0 aromatic rings. The van der Waals surface area contributed by atoms with Gasteiger partial charge in [-0.15, -0.1) is 0 Å².